The molecule has 0 spiro atoms. The topological polar surface area (TPSA) is 69.4 Å². The van der Waals surface area contributed by atoms with Gasteiger partial charge in [0.15, 0.2) is 6.29 Å². The van der Waals surface area contributed by atoms with Crippen LogP contribution in [-0.2, 0) is 16.0 Å². The van der Waals surface area contributed by atoms with E-state index in [-0.39, 0.29) is 49.8 Å². The second-order valence-electron chi connectivity index (χ2n) is 11.1. The average Bonchev–Trinajstić information content (AvgIpc) is 3.37. The number of rotatable bonds is 8. The molecule has 0 aromatic carbocycles. The molecule has 3 fully saturated rings. The number of thioether (sulfide) groups is 1. The maximum absolute atomic E-state index is 15.0. The van der Waals surface area contributed by atoms with E-state index in [2.05, 4.69) is 10.1 Å². The molecule has 1 aliphatic heterocycles. The molecule has 2 saturated carbocycles. The van der Waals surface area contributed by atoms with Crippen LogP contribution in [0.5, 0.6) is 0 Å². The van der Waals surface area contributed by atoms with Crippen molar-refractivity contribution in [3.63, 3.8) is 0 Å². The van der Waals surface area contributed by atoms with E-state index in [0.29, 0.717) is 26.1 Å². The SMILES string of the molecule is C/C(=C\C1CCC(C(F)(F)F)CC1)C1OCC(S[C@H](C)[C@](O)(Cn2cncn2)C2CCC(F)CC2F)CO1. The minimum Gasteiger partial charge on any atom is -0.386 e. The van der Waals surface area contributed by atoms with Gasteiger partial charge in [-0.25, -0.2) is 13.8 Å². The zero-order valence-corrected chi connectivity index (χ0v) is 22.6. The largest absolute Gasteiger partial charge is 0.391 e. The summed E-state index contributed by atoms with van der Waals surface area (Å²) in [7, 11) is 0. The van der Waals surface area contributed by atoms with Gasteiger partial charge in [0.2, 0.25) is 0 Å². The zero-order chi connectivity index (χ0) is 27.5. The number of allylic oxidation sites excluding steroid dienone is 1. The molecular weight excluding hydrogens is 529 g/mol. The third-order valence-corrected chi connectivity index (χ3v) is 9.78. The Morgan fingerprint density at radius 2 is 1.82 bits per heavy atom. The molecule has 216 valence electrons. The van der Waals surface area contributed by atoms with Gasteiger partial charge in [-0.15, -0.1) is 11.8 Å². The molecule has 38 heavy (non-hydrogen) atoms. The summed E-state index contributed by atoms with van der Waals surface area (Å²) in [5.74, 6) is -1.87. The van der Waals surface area contributed by atoms with E-state index >= 15 is 4.39 Å². The van der Waals surface area contributed by atoms with Crippen molar-refractivity contribution in [3.05, 3.63) is 24.3 Å². The van der Waals surface area contributed by atoms with Crippen molar-refractivity contribution in [2.45, 2.75) is 106 Å². The second kappa shape index (κ2) is 12.5. The second-order valence-corrected chi connectivity index (χ2v) is 12.7. The molecular formula is C26H38F5N3O3S. The summed E-state index contributed by atoms with van der Waals surface area (Å²) >= 11 is 1.45. The lowest BCUT2D eigenvalue weighted by molar-refractivity contribution is -0.183. The predicted molar refractivity (Wildman–Crippen MR) is 134 cm³/mol. The van der Waals surface area contributed by atoms with Crippen LogP contribution in [0, 0.1) is 17.8 Å². The molecule has 0 radical (unpaired) electrons. The number of hydrogen-bond donors (Lipinski definition) is 1. The lowest BCUT2D eigenvalue weighted by atomic mass is 9.73. The van der Waals surface area contributed by atoms with Gasteiger partial charge < -0.3 is 14.6 Å². The van der Waals surface area contributed by atoms with E-state index in [1.165, 1.54) is 29.1 Å². The van der Waals surface area contributed by atoms with E-state index < -0.39 is 47.5 Å². The van der Waals surface area contributed by atoms with Crippen LogP contribution >= 0.6 is 11.8 Å². The summed E-state index contributed by atoms with van der Waals surface area (Å²) in [6.45, 7) is 4.45. The van der Waals surface area contributed by atoms with E-state index in [9.17, 15) is 22.7 Å². The molecule has 1 aromatic rings. The standard InChI is InChI=1S/C26H38F5N3O3S/c1-16(9-18-3-5-19(6-4-18)26(29,30)31)24-36-11-21(12-37-24)38-17(2)25(35,13-34-15-32-14-33-34)22-8-7-20(27)10-23(22)28/h9,14-15,17-24,35H,3-8,10-13H2,1-2H3/b16-9+/t17-,18?,19?,20?,21?,22?,23?,24?,25-/m1/s1. The van der Waals surface area contributed by atoms with Gasteiger partial charge in [-0.05, 0) is 56.9 Å². The van der Waals surface area contributed by atoms with Gasteiger partial charge in [-0.2, -0.15) is 18.3 Å². The monoisotopic (exact) mass is 567 g/mol. The maximum atomic E-state index is 15.0. The van der Waals surface area contributed by atoms with Crippen LogP contribution in [0.1, 0.15) is 58.8 Å². The predicted octanol–water partition coefficient (Wildman–Crippen LogP) is 5.66. The van der Waals surface area contributed by atoms with Crippen LogP contribution < -0.4 is 0 Å². The van der Waals surface area contributed by atoms with Crippen molar-refractivity contribution >= 4 is 11.8 Å². The highest BCUT2D eigenvalue weighted by atomic mass is 32.2. The summed E-state index contributed by atoms with van der Waals surface area (Å²) < 4.78 is 81.0. The Labute approximate surface area is 224 Å². The van der Waals surface area contributed by atoms with Crippen molar-refractivity contribution < 1.29 is 36.5 Å². The van der Waals surface area contributed by atoms with Crippen LogP contribution in [-0.4, -0.2) is 74.0 Å². The van der Waals surface area contributed by atoms with Crippen molar-refractivity contribution in [1.29, 1.82) is 0 Å². The Bertz CT molecular complexity index is 904. The number of aliphatic hydroxyl groups is 1. The van der Waals surface area contributed by atoms with E-state index in [1.54, 1.807) is 0 Å². The molecule has 2 heterocycles. The number of nitrogens with zero attached hydrogens (tertiary/aromatic N) is 3. The number of ether oxygens (including phenoxy) is 2. The zero-order valence-electron chi connectivity index (χ0n) is 21.8. The Balaban J connectivity index is 1.32. The first kappa shape index (κ1) is 29.7. The first-order valence-corrected chi connectivity index (χ1v) is 14.4. The van der Waals surface area contributed by atoms with Gasteiger partial charge in [0.25, 0.3) is 0 Å². The number of hydrogen-bond acceptors (Lipinski definition) is 6. The molecule has 5 atom stereocenters. The Hall–Kier alpha value is -1.24. The highest BCUT2D eigenvalue weighted by Gasteiger charge is 2.49. The van der Waals surface area contributed by atoms with Crippen molar-refractivity contribution in [1.82, 2.24) is 14.8 Å². The van der Waals surface area contributed by atoms with Crippen molar-refractivity contribution in [3.8, 4) is 0 Å². The summed E-state index contributed by atoms with van der Waals surface area (Å²) in [6, 6.07) is 0. The van der Waals surface area contributed by atoms with Gasteiger partial charge >= 0.3 is 6.18 Å². The maximum Gasteiger partial charge on any atom is 0.391 e. The number of alkyl halides is 5. The third kappa shape index (κ3) is 7.28. The Morgan fingerprint density at radius 3 is 2.39 bits per heavy atom. The van der Waals surface area contributed by atoms with Crippen molar-refractivity contribution in [2.75, 3.05) is 13.2 Å². The van der Waals surface area contributed by atoms with Crippen LogP contribution in [0.3, 0.4) is 0 Å². The van der Waals surface area contributed by atoms with E-state index in [0.717, 1.165) is 5.57 Å². The summed E-state index contributed by atoms with van der Waals surface area (Å²) in [5, 5.41) is 15.4. The smallest absolute Gasteiger partial charge is 0.386 e. The molecule has 0 bridgehead atoms. The molecule has 0 amide bonds. The molecule has 1 saturated heterocycles. The van der Waals surface area contributed by atoms with Gasteiger partial charge in [0, 0.05) is 17.6 Å². The average molecular weight is 568 g/mol. The number of aromatic nitrogens is 3. The minimum atomic E-state index is -4.12. The fourth-order valence-electron chi connectivity index (χ4n) is 6.05. The third-order valence-electron chi connectivity index (χ3n) is 8.31. The lowest BCUT2D eigenvalue weighted by Gasteiger charge is -2.45. The van der Waals surface area contributed by atoms with Gasteiger partial charge in [-0.3, -0.25) is 4.68 Å². The van der Waals surface area contributed by atoms with Crippen LogP contribution in [0.25, 0.3) is 0 Å². The molecule has 6 nitrogen and oxygen atoms in total. The first-order valence-electron chi connectivity index (χ1n) is 13.4. The fraction of sp³-hybridized carbons (Fsp3) is 0.846. The highest BCUT2D eigenvalue weighted by molar-refractivity contribution is 8.00. The summed E-state index contributed by atoms with van der Waals surface area (Å²) in [5.41, 5.74) is -0.636. The van der Waals surface area contributed by atoms with E-state index in [1.807, 2.05) is 19.9 Å². The molecule has 1 N–H and O–H groups in total. The van der Waals surface area contributed by atoms with Crippen LogP contribution in [0.15, 0.2) is 24.3 Å². The van der Waals surface area contributed by atoms with Gasteiger partial charge in [0.05, 0.1) is 30.9 Å². The summed E-state index contributed by atoms with van der Waals surface area (Å²) in [4.78, 5) is 3.92. The highest BCUT2D eigenvalue weighted by Crippen LogP contribution is 2.44. The van der Waals surface area contributed by atoms with Crippen LogP contribution in [0.2, 0.25) is 0 Å². The minimum absolute atomic E-state index is 0.0404. The molecule has 2 aliphatic carbocycles. The number of halogens is 5. The summed E-state index contributed by atoms with van der Waals surface area (Å²) in [6.07, 6.45) is -1.03. The van der Waals surface area contributed by atoms with Gasteiger partial charge in [0.1, 0.15) is 30.6 Å². The first-order chi connectivity index (χ1) is 18.0. The van der Waals surface area contributed by atoms with E-state index in [4.69, 9.17) is 9.47 Å². The molecule has 1 aromatic heterocycles. The van der Waals surface area contributed by atoms with Crippen molar-refractivity contribution in [2.24, 2.45) is 17.8 Å². The Morgan fingerprint density at radius 1 is 1.13 bits per heavy atom. The quantitative estimate of drug-likeness (QED) is 0.323. The van der Waals surface area contributed by atoms with Gasteiger partial charge in [-0.1, -0.05) is 13.0 Å². The van der Waals surface area contributed by atoms with Crippen LogP contribution in [0.4, 0.5) is 22.0 Å². The normalized spacial score (nSPS) is 36.0. The molecule has 4 rings (SSSR count). The fourth-order valence-corrected chi connectivity index (χ4v) is 7.43. The molecule has 12 heteroatoms. The lowest BCUT2D eigenvalue weighted by Crippen LogP contribution is -2.55. The molecule has 3 aliphatic rings. The Kier molecular flexibility index (Phi) is 9.79. The molecule has 3 unspecified atom stereocenters.